The number of phenols is 1. The van der Waals surface area contributed by atoms with E-state index in [1.165, 1.54) is 23.3 Å². The standard InChI is InChI=1S/C17H18FNO/c1-11-2-4-12(5-3-11)13-8-15(9-13)19-14-6-7-17(20)16(18)10-14/h2-7,10,13,15,19-20H,8-9H2,1H3. The van der Waals surface area contributed by atoms with Gasteiger partial charge in [0.2, 0.25) is 0 Å². The summed E-state index contributed by atoms with van der Waals surface area (Å²) >= 11 is 0. The normalized spacial score (nSPS) is 21.3. The van der Waals surface area contributed by atoms with Crippen LogP contribution in [0, 0.1) is 12.7 Å². The number of benzene rings is 2. The molecule has 1 aliphatic rings. The largest absolute Gasteiger partial charge is 0.505 e. The predicted molar refractivity (Wildman–Crippen MR) is 78.6 cm³/mol. The second-order valence-electron chi connectivity index (χ2n) is 5.59. The molecule has 0 bridgehead atoms. The zero-order chi connectivity index (χ0) is 14.1. The van der Waals surface area contributed by atoms with Crippen LogP contribution in [-0.2, 0) is 0 Å². The third-order valence-corrected chi connectivity index (χ3v) is 4.01. The highest BCUT2D eigenvalue weighted by atomic mass is 19.1. The third-order valence-electron chi connectivity index (χ3n) is 4.01. The highest BCUT2D eigenvalue weighted by Gasteiger charge is 2.30. The molecule has 0 atom stereocenters. The van der Waals surface area contributed by atoms with Crippen LogP contribution in [0.4, 0.5) is 10.1 Å². The first-order chi connectivity index (χ1) is 9.61. The van der Waals surface area contributed by atoms with Gasteiger partial charge in [0.15, 0.2) is 11.6 Å². The summed E-state index contributed by atoms with van der Waals surface area (Å²) in [5.41, 5.74) is 3.39. The van der Waals surface area contributed by atoms with Gasteiger partial charge >= 0.3 is 0 Å². The van der Waals surface area contributed by atoms with Crippen molar-refractivity contribution in [3.63, 3.8) is 0 Å². The monoisotopic (exact) mass is 271 g/mol. The van der Waals surface area contributed by atoms with Gasteiger partial charge in [0.25, 0.3) is 0 Å². The summed E-state index contributed by atoms with van der Waals surface area (Å²) in [6.07, 6.45) is 2.12. The number of halogens is 1. The fourth-order valence-corrected chi connectivity index (χ4v) is 2.68. The van der Waals surface area contributed by atoms with Crippen LogP contribution in [0.2, 0.25) is 0 Å². The number of aryl methyl sites for hydroxylation is 1. The number of hydrogen-bond donors (Lipinski definition) is 2. The first-order valence-electron chi connectivity index (χ1n) is 6.93. The highest BCUT2D eigenvalue weighted by Crippen LogP contribution is 2.38. The Bertz CT molecular complexity index is 603. The molecule has 0 heterocycles. The molecule has 3 heteroatoms. The topological polar surface area (TPSA) is 32.3 Å². The van der Waals surface area contributed by atoms with E-state index in [2.05, 4.69) is 36.5 Å². The maximum absolute atomic E-state index is 13.2. The molecule has 1 saturated carbocycles. The predicted octanol–water partition coefficient (Wildman–Crippen LogP) is 4.20. The molecule has 2 nitrogen and oxygen atoms in total. The van der Waals surface area contributed by atoms with Crippen molar-refractivity contribution >= 4 is 5.69 Å². The van der Waals surface area contributed by atoms with Gasteiger partial charge in [-0.2, -0.15) is 0 Å². The molecule has 20 heavy (non-hydrogen) atoms. The van der Waals surface area contributed by atoms with Crippen molar-refractivity contribution in [2.24, 2.45) is 0 Å². The molecule has 0 spiro atoms. The fourth-order valence-electron chi connectivity index (χ4n) is 2.68. The molecule has 0 saturated heterocycles. The Hall–Kier alpha value is -2.03. The van der Waals surface area contributed by atoms with Gasteiger partial charge < -0.3 is 10.4 Å². The van der Waals surface area contributed by atoms with Gasteiger partial charge in [-0.3, -0.25) is 0 Å². The number of hydrogen-bond acceptors (Lipinski definition) is 2. The summed E-state index contributed by atoms with van der Waals surface area (Å²) in [6.45, 7) is 2.09. The first kappa shape index (κ1) is 13.0. The van der Waals surface area contributed by atoms with E-state index >= 15 is 0 Å². The number of aromatic hydroxyl groups is 1. The maximum Gasteiger partial charge on any atom is 0.166 e. The van der Waals surface area contributed by atoms with E-state index in [1.807, 2.05) is 0 Å². The lowest BCUT2D eigenvalue weighted by atomic mass is 9.75. The molecule has 1 aliphatic carbocycles. The molecule has 0 radical (unpaired) electrons. The van der Waals surface area contributed by atoms with Crippen molar-refractivity contribution in [2.45, 2.75) is 31.7 Å². The van der Waals surface area contributed by atoms with Gasteiger partial charge in [-0.1, -0.05) is 29.8 Å². The lowest BCUT2D eigenvalue weighted by molar-refractivity contribution is 0.374. The minimum atomic E-state index is -0.579. The summed E-state index contributed by atoms with van der Waals surface area (Å²) in [5, 5.41) is 12.5. The lowest BCUT2D eigenvalue weighted by Gasteiger charge is -2.37. The summed E-state index contributed by atoms with van der Waals surface area (Å²) in [4.78, 5) is 0. The van der Waals surface area contributed by atoms with Crippen LogP contribution < -0.4 is 5.32 Å². The van der Waals surface area contributed by atoms with Gasteiger partial charge in [0.1, 0.15) is 0 Å². The van der Waals surface area contributed by atoms with E-state index in [9.17, 15) is 4.39 Å². The molecule has 2 N–H and O–H groups in total. The molecular weight excluding hydrogens is 253 g/mol. The van der Waals surface area contributed by atoms with Crippen LogP contribution in [0.3, 0.4) is 0 Å². The van der Waals surface area contributed by atoms with Gasteiger partial charge in [-0.25, -0.2) is 4.39 Å². The van der Waals surface area contributed by atoms with Crippen molar-refractivity contribution in [1.82, 2.24) is 0 Å². The van der Waals surface area contributed by atoms with Crippen LogP contribution in [0.25, 0.3) is 0 Å². The molecule has 0 aromatic heterocycles. The van der Waals surface area contributed by atoms with Crippen LogP contribution in [0.1, 0.15) is 29.9 Å². The van der Waals surface area contributed by atoms with Gasteiger partial charge in [-0.05, 0) is 43.4 Å². The number of anilines is 1. The van der Waals surface area contributed by atoms with Crippen molar-refractivity contribution in [1.29, 1.82) is 0 Å². The van der Waals surface area contributed by atoms with Crippen LogP contribution >= 0.6 is 0 Å². The molecule has 104 valence electrons. The lowest BCUT2D eigenvalue weighted by Crippen LogP contribution is -2.33. The van der Waals surface area contributed by atoms with E-state index in [0.717, 1.165) is 18.5 Å². The van der Waals surface area contributed by atoms with Crippen LogP contribution in [0.5, 0.6) is 5.75 Å². The van der Waals surface area contributed by atoms with Crippen LogP contribution in [-0.4, -0.2) is 11.1 Å². The minimum Gasteiger partial charge on any atom is -0.505 e. The Morgan fingerprint density at radius 3 is 2.45 bits per heavy atom. The smallest absolute Gasteiger partial charge is 0.166 e. The first-order valence-corrected chi connectivity index (χ1v) is 6.93. The Balaban J connectivity index is 1.58. The molecule has 1 fully saturated rings. The van der Waals surface area contributed by atoms with E-state index in [-0.39, 0.29) is 5.75 Å². The zero-order valence-electron chi connectivity index (χ0n) is 11.4. The minimum absolute atomic E-state index is 0.304. The Kier molecular flexibility index (Phi) is 3.35. The summed E-state index contributed by atoms with van der Waals surface area (Å²) in [5.74, 6) is -0.291. The Labute approximate surface area is 118 Å². The van der Waals surface area contributed by atoms with Crippen molar-refractivity contribution < 1.29 is 9.50 Å². The summed E-state index contributed by atoms with van der Waals surface area (Å²) in [6, 6.07) is 13.5. The van der Waals surface area contributed by atoms with Gasteiger partial charge in [0.05, 0.1) is 0 Å². The second-order valence-corrected chi connectivity index (χ2v) is 5.59. The molecule has 0 amide bonds. The van der Waals surface area contributed by atoms with E-state index in [1.54, 1.807) is 6.07 Å². The third kappa shape index (κ3) is 2.62. The van der Waals surface area contributed by atoms with Crippen molar-refractivity contribution in [3.8, 4) is 5.75 Å². The van der Waals surface area contributed by atoms with Gasteiger partial charge in [0, 0.05) is 17.8 Å². The Morgan fingerprint density at radius 1 is 1.10 bits per heavy atom. The van der Waals surface area contributed by atoms with Crippen molar-refractivity contribution in [2.75, 3.05) is 5.32 Å². The molecule has 0 unspecified atom stereocenters. The number of nitrogens with one attached hydrogen (secondary N) is 1. The molecule has 3 rings (SSSR count). The maximum atomic E-state index is 13.2. The molecule has 0 aliphatic heterocycles. The number of rotatable bonds is 3. The Morgan fingerprint density at radius 2 is 1.80 bits per heavy atom. The van der Waals surface area contributed by atoms with E-state index in [4.69, 9.17) is 5.11 Å². The van der Waals surface area contributed by atoms with Gasteiger partial charge in [-0.15, -0.1) is 0 Å². The summed E-state index contributed by atoms with van der Waals surface area (Å²) < 4.78 is 13.2. The van der Waals surface area contributed by atoms with Crippen molar-refractivity contribution in [3.05, 3.63) is 59.4 Å². The highest BCUT2D eigenvalue weighted by molar-refractivity contribution is 5.48. The average molecular weight is 271 g/mol. The SMILES string of the molecule is Cc1ccc(C2CC(Nc3ccc(O)c(F)c3)C2)cc1. The number of phenolic OH excluding ortho intramolecular Hbond substituents is 1. The zero-order valence-corrected chi connectivity index (χ0v) is 11.4. The molecular formula is C17H18FNO. The second kappa shape index (κ2) is 5.16. The van der Waals surface area contributed by atoms with E-state index < -0.39 is 5.82 Å². The molecule has 2 aromatic rings. The van der Waals surface area contributed by atoms with Crippen LogP contribution in [0.15, 0.2) is 42.5 Å². The summed E-state index contributed by atoms with van der Waals surface area (Å²) in [7, 11) is 0. The molecule has 2 aromatic carbocycles. The van der Waals surface area contributed by atoms with E-state index in [0.29, 0.717) is 12.0 Å². The fraction of sp³-hybridized carbons (Fsp3) is 0.294. The quantitative estimate of drug-likeness (QED) is 0.820. The average Bonchev–Trinajstić information content (AvgIpc) is 2.39.